The molecule has 5 heteroatoms. The lowest BCUT2D eigenvalue weighted by atomic mass is 10.1. The van der Waals surface area contributed by atoms with Gasteiger partial charge in [-0.1, -0.05) is 12.1 Å². The van der Waals surface area contributed by atoms with Crippen LogP contribution in [0.5, 0.6) is 0 Å². The molecule has 0 saturated heterocycles. The highest BCUT2D eigenvalue weighted by Gasteiger charge is 2.12. The third-order valence-corrected chi connectivity index (χ3v) is 4.19. The summed E-state index contributed by atoms with van der Waals surface area (Å²) < 4.78 is 0. The molecule has 0 bridgehead atoms. The molecule has 2 rings (SSSR count). The molecule has 0 radical (unpaired) electrons. The van der Waals surface area contributed by atoms with Crippen molar-refractivity contribution in [3.63, 3.8) is 0 Å². The van der Waals surface area contributed by atoms with Gasteiger partial charge in [-0.25, -0.2) is 4.98 Å². The van der Waals surface area contributed by atoms with Crippen molar-refractivity contribution < 1.29 is 5.11 Å². The number of aliphatic hydroxyl groups is 1. The normalized spacial score (nSPS) is 13.7. The van der Waals surface area contributed by atoms with Gasteiger partial charge < -0.3 is 10.4 Å². The Morgan fingerprint density at radius 3 is 2.65 bits per heavy atom. The highest BCUT2D eigenvalue weighted by atomic mass is 32.1. The van der Waals surface area contributed by atoms with Gasteiger partial charge in [0.1, 0.15) is 5.01 Å². The topological polar surface area (TPSA) is 68.9 Å². The number of thiazole rings is 1. The maximum absolute atomic E-state index is 10.1. The summed E-state index contributed by atoms with van der Waals surface area (Å²) in [4.78, 5) is 4.42. The van der Waals surface area contributed by atoms with Crippen LogP contribution in [0.4, 0.5) is 0 Å². The molecule has 2 aromatic rings. The fraction of sp³-hybridized carbons (Fsp3) is 0.333. The number of hydrogen-bond acceptors (Lipinski definition) is 5. The Hall–Kier alpha value is -1.74. The SMILES string of the molecule is Cc1csc(C(C)NCC(O)c2ccc(C#N)cc2)n1. The Labute approximate surface area is 122 Å². The predicted molar refractivity (Wildman–Crippen MR) is 79.4 cm³/mol. The second-order valence-electron chi connectivity index (χ2n) is 4.71. The Balaban J connectivity index is 1.91. The zero-order chi connectivity index (χ0) is 14.5. The van der Waals surface area contributed by atoms with E-state index in [0.717, 1.165) is 16.3 Å². The molecule has 0 aliphatic heterocycles. The number of aromatic nitrogens is 1. The lowest BCUT2D eigenvalue weighted by Crippen LogP contribution is -2.24. The summed E-state index contributed by atoms with van der Waals surface area (Å²) in [6, 6.07) is 9.17. The molecule has 0 fully saturated rings. The molecule has 0 amide bonds. The number of benzene rings is 1. The number of nitrogens with one attached hydrogen (secondary N) is 1. The second kappa shape index (κ2) is 6.62. The van der Waals surface area contributed by atoms with E-state index in [2.05, 4.69) is 16.4 Å². The summed E-state index contributed by atoms with van der Waals surface area (Å²) in [6.07, 6.45) is -0.591. The molecule has 1 aromatic carbocycles. The van der Waals surface area contributed by atoms with Gasteiger partial charge in [0.2, 0.25) is 0 Å². The molecule has 0 aliphatic carbocycles. The number of hydrogen-bond donors (Lipinski definition) is 2. The monoisotopic (exact) mass is 287 g/mol. The third-order valence-electron chi connectivity index (χ3n) is 3.05. The molecule has 1 heterocycles. The molecule has 0 saturated carbocycles. The zero-order valence-electron chi connectivity index (χ0n) is 11.5. The maximum Gasteiger partial charge on any atom is 0.110 e. The lowest BCUT2D eigenvalue weighted by Gasteiger charge is -2.16. The van der Waals surface area contributed by atoms with Crippen molar-refractivity contribution in [3.8, 4) is 6.07 Å². The quantitative estimate of drug-likeness (QED) is 0.887. The van der Waals surface area contributed by atoms with Gasteiger partial charge in [-0.05, 0) is 31.5 Å². The minimum Gasteiger partial charge on any atom is -0.387 e. The van der Waals surface area contributed by atoms with Crippen LogP contribution >= 0.6 is 11.3 Å². The van der Waals surface area contributed by atoms with Crippen LogP contribution in [0.25, 0.3) is 0 Å². The average molecular weight is 287 g/mol. The Morgan fingerprint density at radius 1 is 1.40 bits per heavy atom. The van der Waals surface area contributed by atoms with E-state index in [4.69, 9.17) is 5.26 Å². The van der Waals surface area contributed by atoms with Crippen LogP contribution in [0.2, 0.25) is 0 Å². The summed E-state index contributed by atoms with van der Waals surface area (Å²) in [5, 5.41) is 25.2. The summed E-state index contributed by atoms with van der Waals surface area (Å²) >= 11 is 1.62. The molecular weight excluding hydrogens is 270 g/mol. The smallest absolute Gasteiger partial charge is 0.110 e. The molecule has 2 unspecified atom stereocenters. The summed E-state index contributed by atoms with van der Waals surface area (Å²) in [5.41, 5.74) is 2.42. The maximum atomic E-state index is 10.1. The molecule has 20 heavy (non-hydrogen) atoms. The van der Waals surface area contributed by atoms with Crippen molar-refractivity contribution in [2.24, 2.45) is 0 Å². The van der Waals surface area contributed by atoms with E-state index >= 15 is 0 Å². The summed E-state index contributed by atoms with van der Waals surface area (Å²) in [5.74, 6) is 0. The minimum atomic E-state index is -0.591. The van der Waals surface area contributed by atoms with E-state index in [1.165, 1.54) is 0 Å². The Bertz CT molecular complexity index is 600. The molecule has 0 aliphatic rings. The summed E-state index contributed by atoms with van der Waals surface area (Å²) in [6.45, 7) is 4.45. The first-order chi connectivity index (χ1) is 9.60. The molecule has 2 atom stereocenters. The highest BCUT2D eigenvalue weighted by Crippen LogP contribution is 2.19. The third kappa shape index (κ3) is 3.64. The molecule has 104 valence electrons. The van der Waals surface area contributed by atoms with Crippen molar-refractivity contribution in [1.82, 2.24) is 10.3 Å². The van der Waals surface area contributed by atoms with Crippen LogP contribution < -0.4 is 5.32 Å². The van der Waals surface area contributed by atoms with Crippen molar-refractivity contribution >= 4 is 11.3 Å². The Kier molecular flexibility index (Phi) is 4.85. The standard InChI is InChI=1S/C15H17N3OS/c1-10-9-20-15(18-10)11(2)17-8-14(19)13-5-3-12(7-16)4-6-13/h3-6,9,11,14,17,19H,8H2,1-2H3. The van der Waals surface area contributed by atoms with E-state index in [1.807, 2.05) is 19.2 Å². The fourth-order valence-corrected chi connectivity index (χ4v) is 2.67. The van der Waals surface area contributed by atoms with Crippen molar-refractivity contribution in [3.05, 3.63) is 51.5 Å². The average Bonchev–Trinajstić information content (AvgIpc) is 2.91. The van der Waals surface area contributed by atoms with Gasteiger partial charge >= 0.3 is 0 Å². The van der Waals surface area contributed by atoms with Gasteiger partial charge in [0.05, 0.1) is 23.8 Å². The van der Waals surface area contributed by atoms with E-state index in [0.29, 0.717) is 12.1 Å². The van der Waals surface area contributed by atoms with Crippen molar-refractivity contribution in [2.75, 3.05) is 6.54 Å². The van der Waals surface area contributed by atoms with E-state index in [-0.39, 0.29) is 6.04 Å². The molecule has 1 aromatic heterocycles. The number of rotatable bonds is 5. The van der Waals surface area contributed by atoms with Gasteiger partial charge in [-0.15, -0.1) is 11.3 Å². The van der Waals surface area contributed by atoms with Gasteiger partial charge in [0, 0.05) is 17.6 Å². The summed E-state index contributed by atoms with van der Waals surface area (Å²) in [7, 11) is 0. The second-order valence-corrected chi connectivity index (χ2v) is 5.60. The number of nitriles is 1. The van der Waals surface area contributed by atoms with Crippen molar-refractivity contribution in [2.45, 2.75) is 26.0 Å². The molecular formula is C15H17N3OS. The van der Waals surface area contributed by atoms with Crippen LogP contribution in [0.1, 0.15) is 40.9 Å². The van der Waals surface area contributed by atoms with Crippen LogP contribution in [0.3, 0.4) is 0 Å². The fourth-order valence-electron chi connectivity index (χ4n) is 1.84. The van der Waals surface area contributed by atoms with E-state index in [1.54, 1.807) is 35.6 Å². The zero-order valence-corrected chi connectivity index (χ0v) is 12.3. The van der Waals surface area contributed by atoms with Gasteiger partial charge in [0.15, 0.2) is 0 Å². The van der Waals surface area contributed by atoms with E-state index < -0.39 is 6.10 Å². The predicted octanol–water partition coefficient (Wildman–Crippen LogP) is 2.71. The van der Waals surface area contributed by atoms with Gasteiger partial charge in [-0.2, -0.15) is 5.26 Å². The molecule has 2 N–H and O–H groups in total. The van der Waals surface area contributed by atoms with Crippen molar-refractivity contribution in [1.29, 1.82) is 5.26 Å². The number of nitrogens with zero attached hydrogens (tertiary/aromatic N) is 2. The van der Waals surface area contributed by atoms with Crippen LogP contribution in [0.15, 0.2) is 29.6 Å². The number of aliphatic hydroxyl groups excluding tert-OH is 1. The molecule has 0 spiro atoms. The first kappa shape index (κ1) is 14.7. The lowest BCUT2D eigenvalue weighted by molar-refractivity contribution is 0.171. The van der Waals surface area contributed by atoms with Gasteiger partial charge in [0.25, 0.3) is 0 Å². The van der Waals surface area contributed by atoms with Crippen LogP contribution in [0, 0.1) is 18.3 Å². The largest absolute Gasteiger partial charge is 0.387 e. The minimum absolute atomic E-state index is 0.113. The first-order valence-corrected chi connectivity index (χ1v) is 7.31. The van der Waals surface area contributed by atoms with Crippen LogP contribution in [-0.4, -0.2) is 16.6 Å². The molecule has 4 nitrogen and oxygen atoms in total. The van der Waals surface area contributed by atoms with E-state index in [9.17, 15) is 5.11 Å². The number of aryl methyl sites for hydroxylation is 1. The Morgan fingerprint density at radius 2 is 2.10 bits per heavy atom. The first-order valence-electron chi connectivity index (χ1n) is 6.43. The van der Waals surface area contributed by atoms with Gasteiger partial charge in [-0.3, -0.25) is 0 Å². The highest BCUT2D eigenvalue weighted by molar-refractivity contribution is 7.09. The van der Waals surface area contributed by atoms with Crippen LogP contribution in [-0.2, 0) is 0 Å².